The van der Waals surface area contributed by atoms with Crippen LogP contribution in [0.5, 0.6) is 11.5 Å². The van der Waals surface area contributed by atoms with Crippen molar-refractivity contribution in [3.63, 3.8) is 0 Å². The molecule has 7 heteroatoms. The highest BCUT2D eigenvalue weighted by atomic mass is 16.5. The van der Waals surface area contributed by atoms with Crippen molar-refractivity contribution >= 4 is 17.8 Å². The lowest BCUT2D eigenvalue weighted by Crippen LogP contribution is -2.14. The number of ether oxygens (including phenoxy) is 3. The van der Waals surface area contributed by atoms with Crippen LogP contribution in [0.1, 0.15) is 15.9 Å². The van der Waals surface area contributed by atoms with Gasteiger partial charge in [0.1, 0.15) is 23.9 Å². The highest BCUT2D eigenvalue weighted by Gasteiger charge is 2.13. The Morgan fingerprint density at radius 2 is 1.86 bits per heavy atom. The smallest absolute Gasteiger partial charge is 0.255 e. The van der Waals surface area contributed by atoms with Crippen LogP contribution in [0.2, 0.25) is 0 Å². The molecule has 1 aliphatic heterocycles. The molecule has 1 heterocycles. The fourth-order valence-corrected chi connectivity index (χ4v) is 2.73. The fraction of sp³-hybridized carbons (Fsp3) is 0.182. The van der Waals surface area contributed by atoms with Crippen LogP contribution in [0.25, 0.3) is 0 Å². The highest BCUT2D eigenvalue weighted by Crippen LogP contribution is 2.24. The van der Waals surface area contributed by atoms with Crippen LogP contribution >= 0.6 is 0 Å². The molecule has 7 nitrogen and oxygen atoms in total. The van der Waals surface area contributed by atoms with E-state index in [0.29, 0.717) is 40.8 Å². The summed E-state index contributed by atoms with van der Waals surface area (Å²) in [7, 11) is 3.08. The third kappa shape index (κ3) is 5.16. The lowest BCUT2D eigenvalue weighted by Gasteiger charge is -2.14. The van der Waals surface area contributed by atoms with Crippen molar-refractivity contribution in [1.82, 2.24) is 0 Å². The molecule has 0 radical (unpaired) electrons. The van der Waals surface area contributed by atoms with Gasteiger partial charge in [-0.1, -0.05) is 18.2 Å². The molecule has 0 atom stereocenters. The van der Waals surface area contributed by atoms with Gasteiger partial charge in [0, 0.05) is 29.1 Å². The Balaban J connectivity index is 1.75. The Hall–Kier alpha value is -3.74. The number of para-hydroxylation sites is 1. The van der Waals surface area contributed by atoms with Crippen LogP contribution in [0.4, 0.5) is 5.69 Å². The molecule has 0 spiro atoms. The number of carbonyl (C=O) groups is 1. The molecule has 29 heavy (non-hydrogen) atoms. The van der Waals surface area contributed by atoms with Gasteiger partial charge in [0.2, 0.25) is 0 Å². The minimum atomic E-state index is -0.281. The number of nitrogens with one attached hydrogen (secondary N) is 1. The van der Waals surface area contributed by atoms with Crippen LogP contribution < -0.4 is 20.5 Å². The third-order valence-corrected chi connectivity index (χ3v) is 4.29. The van der Waals surface area contributed by atoms with Gasteiger partial charge in [0.05, 0.1) is 26.5 Å². The molecule has 1 amide bonds. The Bertz CT molecular complexity index is 958. The van der Waals surface area contributed by atoms with Gasteiger partial charge >= 0.3 is 0 Å². The molecule has 0 saturated carbocycles. The van der Waals surface area contributed by atoms with Crippen LogP contribution in [0.3, 0.4) is 0 Å². The van der Waals surface area contributed by atoms with E-state index in [1.165, 1.54) is 14.2 Å². The van der Waals surface area contributed by atoms with Gasteiger partial charge in [-0.15, -0.1) is 0 Å². The number of nitrogens with zero attached hydrogens (tertiary/aromatic N) is 1. The summed E-state index contributed by atoms with van der Waals surface area (Å²) in [6.07, 6.45) is 5.17. The lowest BCUT2D eigenvalue weighted by atomic mass is 10.1. The molecule has 2 aromatic rings. The normalized spacial score (nSPS) is 13.0. The van der Waals surface area contributed by atoms with Crippen LogP contribution in [0.15, 0.2) is 71.1 Å². The quantitative estimate of drug-likeness (QED) is 0.753. The molecular formula is C22H23N3O4. The van der Waals surface area contributed by atoms with Gasteiger partial charge in [0.15, 0.2) is 0 Å². The van der Waals surface area contributed by atoms with Crippen molar-refractivity contribution in [3.8, 4) is 11.5 Å². The van der Waals surface area contributed by atoms with E-state index in [9.17, 15) is 4.79 Å². The minimum Gasteiger partial charge on any atom is -0.497 e. The number of benzene rings is 2. The maximum Gasteiger partial charge on any atom is 0.255 e. The zero-order chi connectivity index (χ0) is 20.6. The summed E-state index contributed by atoms with van der Waals surface area (Å²) in [4.78, 5) is 16.9. The number of anilines is 1. The molecule has 0 saturated heterocycles. The van der Waals surface area contributed by atoms with Crippen LogP contribution in [0, 0.1) is 0 Å². The second kappa shape index (κ2) is 9.45. The number of allylic oxidation sites excluding steroid dienone is 1. The van der Waals surface area contributed by atoms with Gasteiger partial charge in [-0.25, -0.2) is 0 Å². The molecule has 0 fully saturated rings. The highest BCUT2D eigenvalue weighted by molar-refractivity contribution is 6.05. The molecule has 1 aliphatic rings. The van der Waals surface area contributed by atoms with Crippen molar-refractivity contribution in [2.75, 3.05) is 26.1 Å². The van der Waals surface area contributed by atoms with E-state index in [1.807, 2.05) is 30.3 Å². The van der Waals surface area contributed by atoms with Gasteiger partial charge in [-0.3, -0.25) is 9.79 Å². The summed E-state index contributed by atoms with van der Waals surface area (Å²) in [5.41, 5.74) is 8.37. The molecular weight excluding hydrogens is 370 g/mol. The Labute approximate surface area is 169 Å². The Kier molecular flexibility index (Phi) is 6.52. The summed E-state index contributed by atoms with van der Waals surface area (Å²) in [6, 6.07) is 12.4. The van der Waals surface area contributed by atoms with Crippen molar-refractivity contribution in [1.29, 1.82) is 0 Å². The number of hydrogen-bond acceptors (Lipinski definition) is 6. The van der Waals surface area contributed by atoms with Crippen molar-refractivity contribution < 1.29 is 19.0 Å². The summed E-state index contributed by atoms with van der Waals surface area (Å²) in [5.74, 6) is 1.36. The molecule has 3 rings (SSSR count). The summed E-state index contributed by atoms with van der Waals surface area (Å²) in [5, 5.41) is 2.92. The predicted molar refractivity (Wildman–Crippen MR) is 112 cm³/mol. The van der Waals surface area contributed by atoms with Crippen molar-refractivity contribution in [2.24, 2.45) is 10.7 Å². The van der Waals surface area contributed by atoms with E-state index in [2.05, 4.69) is 10.3 Å². The molecule has 2 aromatic carbocycles. The topological polar surface area (TPSA) is 95.2 Å². The lowest BCUT2D eigenvalue weighted by molar-refractivity contribution is 0.102. The Morgan fingerprint density at radius 1 is 1.14 bits per heavy atom. The van der Waals surface area contributed by atoms with Gasteiger partial charge in [-0.05, 0) is 30.4 Å². The molecule has 0 aromatic heterocycles. The molecule has 0 aliphatic carbocycles. The second-order valence-electron chi connectivity index (χ2n) is 6.21. The summed E-state index contributed by atoms with van der Waals surface area (Å²) in [6.45, 7) is 0.751. The molecule has 3 N–H and O–H groups in total. The van der Waals surface area contributed by atoms with Gasteiger partial charge in [0.25, 0.3) is 5.91 Å². The number of amides is 1. The summed E-state index contributed by atoms with van der Waals surface area (Å²) < 4.78 is 16.3. The van der Waals surface area contributed by atoms with E-state index in [4.69, 9.17) is 19.9 Å². The van der Waals surface area contributed by atoms with E-state index < -0.39 is 0 Å². The first-order chi connectivity index (χ1) is 14.1. The monoisotopic (exact) mass is 393 g/mol. The Morgan fingerprint density at radius 3 is 2.59 bits per heavy atom. The fourth-order valence-electron chi connectivity index (χ4n) is 2.73. The zero-order valence-electron chi connectivity index (χ0n) is 16.3. The molecule has 0 bridgehead atoms. The third-order valence-electron chi connectivity index (χ3n) is 4.29. The average Bonchev–Trinajstić information content (AvgIpc) is 2.96. The van der Waals surface area contributed by atoms with E-state index in [-0.39, 0.29) is 12.5 Å². The standard InChI is InChI=1S/C22H23N3O4/c1-27-17-11-16(12-18(13-17)28-2)22(26)25-20-6-4-3-5-15(20)14-29-21-8-10-24-9-7-19(21)23/h3-9,11-13H,10,14,23H2,1-2H3,(H,25,26). The number of hydrogen-bond donors (Lipinski definition) is 2. The first kappa shape index (κ1) is 20.0. The first-order valence-electron chi connectivity index (χ1n) is 9.02. The second-order valence-corrected chi connectivity index (χ2v) is 6.21. The van der Waals surface area contributed by atoms with Gasteiger partial charge in [-0.2, -0.15) is 0 Å². The van der Waals surface area contributed by atoms with Gasteiger partial charge < -0.3 is 25.3 Å². The first-order valence-corrected chi connectivity index (χ1v) is 9.02. The van der Waals surface area contributed by atoms with Crippen molar-refractivity contribution in [2.45, 2.75) is 6.61 Å². The predicted octanol–water partition coefficient (Wildman–Crippen LogP) is 3.28. The number of methoxy groups -OCH3 is 2. The number of nitrogens with two attached hydrogens (primary N) is 1. The molecule has 150 valence electrons. The SMILES string of the molecule is COc1cc(OC)cc(C(=O)Nc2ccccc2COC2=CCN=CC=C2N)c1. The summed E-state index contributed by atoms with van der Waals surface area (Å²) >= 11 is 0. The maximum absolute atomic E-state index is 12.8. The van der Waals surface area contributed by atoms with Crippen molar-refractivity contribution in [3.05, 3.63) is 77.2 Å². The number of rotatable bonds is 7. The number of carbonyl (C=O) groups excluding carboxylic acids is 1. The van der Waals surface area contributed by atoms with E-state index in [0.717, 1.165) is 5.56 Å². The molecule has 0 unspecified atom stereocenters. The van der Waals surface area contributed by atoms with E-state index >= 15 is 0 Å². The number of aliphatic imine (C=N–C) groups is 1. The maximum atomic E-state index is 12.8. The van der Waals surface area contributed by atoms with Crippen LogP contribution in [-0.4, -0.2) is 32.9 Å². The zero-order valence-corrected chi connectivity index (χ0v) is 16.3. The minimum absolute atomic E-state index is 0.248. The largest absolute Gasteiger partial charge is 0.497 e. The average molecular weight is 393 g/mol. The van der Waals surface area contributed by atoms with E-state index in [1.54, 1.807) is 30.5 Å². The van der Waals surface area contributed by atoms with Crippen LogP contribution in [-0.2, 0) is 11.3 Å².